The van der Waals surface area contributed by atoms with Crippen LogP contribution in [-0.4, -0.2) is 29.1 Å². The minimum absolute atomic E-state index is 0.343. The minimum atomic E-state index is -0.498. The molecule has 3 aromatic heterocycles. The second-order valence-corrected chi connectivity index (χ2v) is 7.23. The van der Waals surface area contributed by atoms with Crippen molar-refractivity contribution in [2.24, 2.45) is 7.05 Å². The average molecular weight is 401 g/mol. The van der Waals surface area contributed by atoms with Crippen molar-refractivity contribution in [3.05, 3.63) is 86.6 Å². The molecule has 5 rings (SSSR count). The van der Waals surface area contributed by atoms with E-state index in [0.717, 1.165) is 16.6 Å². The van der Waals surface area contributed by atoms with Gasteiger partial charge in [-0.1, -0.05) is 30.3 Å². The number of aromatic nitrogens is 6. The number of fused-ring (bicyclic) bond motifs is 2. The summed E-state index contributed by atoms with van der Waals surface area (Å²) in [6.07, 6.45) is 0.365. The van der Waals surface area contributed by atoms with Crippen molar-refractivity contribution in [2.45, 2.75) is 13.0 Å². The fraction of sp³-hybridized carbons (Fsp3) is 0.143. The highest BCUT2D eigenvalue weighted by Crippen LogP contribution is 2.19. The van der Waals surface area contributed by atoms with E-state index >= 15 is 0 Å². The first-order valence-corrected chi connectivity index (χ1v) is 9.46. The molecule has 9 nitrogen and oxygen atoms in total. The van der Waals surface area contributed by atoms with Crippen LogP contribution in [0.2, 0.25) is 0 Å². The van der Waals surface area contributed by atoms with E-state index in [1.165, 1.54) is 4.57 Å². The van der Waals surface area contributed by atoms with Crippen LogP contribution < -0.4 is 17.0 Å². The highest BCUT2D eigenvalue weighted by atomic mass is 16.2. The zero-order chi connectivity index (χ0) is 20.8. The van der Waals surface area contributed by atoms with Gasteiger partial charge in [0.25, 0.3) is 5.56 Å². The Morgan fingerprint density at radius 1 is 1.03 bits per heavy atom. The molecule has 9 heteroatoms. The monoisotopic (exact) mass is 401 g/mol. The van der Waals surface area contributed by atoms with E-state index in [0.29, 0.717) is 41.5 Å². The Bertz CT molecular complexity index is 1510. The van der Waals surface area contributed by atoms with E-state index in [9.17, 15) is 9.59 Å². The Balaban J connectivity index is 1.68. The number of hydrogen-bond acceptors (Lipinski definition) is 5. The number of benzene rings is 2. The van der Waals surface area contributed by atoms with Crippen molar-refractivity contribution < 1.29 is 0 Å². The number of nitrogens with zero attached hydrogens (tertiary/aromatic N) is 4. The lowest BCUT2D eigenvalue weighted by Crippen LogP contribution is -2.29. The lowest BCUT2D eigenvalue weighted by Gasteiger charge is -2.08. The minimum Gasteiger partial charge on any atom is -0.399 e. The molecule has 2 aromatic carbocycles. The molecule has 30 heavy (non-hydrogen) atoms. The van der Waals surface area contributed by atoms with Gasteiger partial charge in [0.1, 0.15) is 11.6 Å². The number of aryl methyl sites for hydroxylation is 1. The Morgan fingerprint density at radius 2 is 1.83 bits per heavy atom. The first-order chi connectivity index (χ1) is 14.5. The maximum Gasteiger partial charge on any atom is 0.329 e. The van der Waals surface area contributed by atoms with E-state index in [1.54, 1.807) is 13.1 Å². The van der Waals surface area contributed by atoms with Crippen LogP contribution in [0.3, 0.4) is 0 Å². The van der Waals surface area contributed by atoms with E-state index in [1.807, 2.05) is 47.0 Å². The normalized spacial score (nSPS) is 11.5. The lowest BCUT2D eigenvalue weighted by atomic mass is 10.2. The quantitative estimate of drug-likeness (QED) is 0.394. The maximum absolute atomic E-state index is 12.6. The third kappa shape index (κ3) is 2.96. The molecule has 0 aliphatic heterocycles. The fourth-order valence-electron chi connectivity index (χ4n) is 3.66. The summed E-state index contributed by atoms with van der Waals surface area (Å²) in [5.74, 6) is 1.33. The van der Waals surface area contributed by atoms with Gasteiger partial charge in [-0.05, 0) is 23.8 Å². The average Bonchev–Trinajstić information content (AvgIpc) is 3.28. The van der Waals surface area contributed by atoms with Crippen molar-refractivity contribution in [2.75, 3.05) is 5.73 Å². The van der Waals surface area contributed by atoms with Crippen LogP contribution in [0.15, 0.2) is 58.1 Å². The number of H-pyrrole nitrogens is 2. The molecule has 0 radical (unpaired) electrons. The van der Waals surface area contributed by atoms with Crippen molar-refractivity contribution in [1.82, 2.24) is 29.1 Å². The third-order valence-electron chi connectivity index (χ3n) is 5.15. The van der Waals surface area contributed by atoms with Crippen molar-refractivity contribution in [1.29, 1.82) is 0 Å². The summed E-state index contributed by atoms with van der Waals surface area (Å²) in [7, 11) is 1.59. The van der Waals surface area contributed by atoms with Crippen LogP contribution in [0.4, 0.5) is 5.69 Å². The summed E-state index contributed by atoms with van der Waals surface area (Å²) in [6.45, 7) is 0.446. The topological polar surface area (TPSA) is 127 Å². The first kappa shape index (κ1) is 17.9. The molecule has 5 aromatic rings. The largest absolute Gasteiger partial charge is 0.399 e. The molecule has 150 valence electrons. The molecular weight excluding hydrogens is 382 g/mol. The van der Waals surface area contributed by atoms with Crippen molar-refractivity contribution in [3.63, 3.8) is 0 Å². The van der Waals surface area contributed by atoms with Gasteiger partial charge in [0.05, 0.1) is 17.5 Å². The molecule has 0 bridgehead atoms. The Kier molecular flexibility index (Phi) is 4.02. The number of nitrogen functional groups attached to an aromatic ring is 1. The summed E-state index contributed by atoms with van der Waals surface area (Å²) in [5.41, 5.74) is 8.91. The van der Waals surface area contributed by atoms with Gasteiger partial charge in [-0.3, -0.25) is 14.3 Å². The number of nitrogens with two attached hydrogens (primary N) is 1. The standard InChI is InChI=1S/C21H19N7O2/c1-27-19-18(20(29)26-21(27)30)28(11-12-5-3-2-4-6-12)17(25-19)10-16-23-14-8-7-13(22)9-15(14)24-16/h2-9H,10-11,22H2,1H3,(H,23,24)(H,26,29,30). The molecule has 0 saturated heterocycles. The van der Waals surface area contributed by atoms with Crippen LogP contribution in [0, 0.1) is 0 Å². The van der Waals surface area contributed by atoms with Crippen LogP contribution in [-0.2, 0) is 20.0 Å². The second kappa shape index (κ2) is 6.73. The maximum atomic E-state index is 12.6. The van der Waals surface area contributed by atoms with Gasteiger partial charge >= 0.3 is 5.69 Å². The number of anilines is 1. The van der Waals surface area contributed by atoms with Crippen LogP contribution in [0.25, 0.3) is 22.2 Å². The van der Waals surface area contributed by atoms with Gasteiger partial charge in [0.2, 0.25) is 0 Å². The second-order valence-electron chi connectivity index (χ2n) is 7.23. The van der Waals surface area contributed by atoms with Gasteiger partial charge in [-0.15, -0.1) is 0 Å². The summed E-state index contributed by atoms with van der Waals surface area (Å²) in [4.78, 5) is 39.6. The molecule has 0 aliphatic carbocycles. The third-order valence-corrected chi connectivity index (χ3v) is 5.15. The van der Waals surface area contributed by atoms with Crippen molar-refractivity contribution in [3.8, 4) is 0 Å². The Hall–Kier alpha value is -4.14. The number of hydrogen-bond donors (Lipinski definition) is 3. The fourth-order valence-corrected chi connectivity index (χ4v) is 3.66. The first-order valence-electron chi connectivity index (χ1n) is 9.46. The van der Waals surface area contributed by atoms with E-state index < -0.39 is 11.2 Å². The molecule has 0 aliphatic rings. The predicted octanol–water partition coefficient (Wildman–Crippen LogP) is 1.52. The molecule has 0 spiro atoms. The number of nitrogens with one attached hydrogen (secondary N) is 2. The van der Waals surface area contributed by atoms with Gasteiger partial charge < -0.3 is 15.3 Å². The van der Waals surface area contributed by atoms with Crippen molar-refractivity contribution >= 4 is 27.9 Å². The number of aromatic amines is 2. The Morgan fingerprint density at radius 3 is 2.63 bits per heavy atom. The molecule has 0 amide bonds. The highest BCUT2D eigenvalue weighted by molar-refractivity contribution is 5.79. The summed E-state index contributed by atoms with van der Waals surface area (Å²) < 4.78 is 3.19. The summed E-state index contributed by atoms with van der Waals surface area (Å²) >= 11 is 0. The zero-order valence-corrected chi connectivity index (χ0v) is 16.2. The van der Waals surface area contributed by atoms with E-state index in [2.05, 4.69) is 19.9 Å². The smallest absolute Gasteiger partial charge is 0.329 e. The predicted molar refractivity (Wildman–Crippen MR) is 114 cm³/mol. The molecule has 3 heterocycles. The summed E-state index contributed by atoms with van der Waals surface area (Å²) in [5, 5.41) is 0. The zero-order valence-electron chi connectivity index (χ0n) is 16.2. The molecule has 0 fully saturated rings. The van der Waals surface area contributed by atoms with Gasteiger partial charge in [0, 0.05) is 19.3 Å². The molecule has 0 atom stereocenters. The van der Waals surface area contributed by atoms with E-state index in [-0.39, 0.29) is 0 Å². The molecule has 0 unspecified atom stereocenters. The molecule has 0 saturated carbocycles. The highest BCUT2D eigenvalue weighted by Gasteiger charge is 2.19. The SMILES string of the molecule is Cn1c(=O)[nH]c(=O)c2c1nc(Cc1nc3ccc(N)cc3[nH]1)n2Cc1ccccc1. The van der Waals surface area contributed by atoms with Gasteiger partial charge in [-0.25, -0.2) is 14.8 Å². The Labute approximate surface area is 169 Å². The van der Waals surface area contributed by atoms with Crippen LogP contribution in [0.1, 0.15) is 17.2 Å². The van der Waals surface area contributed by atoms with Crippen LogP contribution in [0.5, 0.6) is 0 Å². The molecular formula is C21H19N7O2. The van der Waals surface area contributed by atoms with Gasteiger partial charge in [0.15, 0.2) is 11.2 Å². The molecule has 4 N–H and O–H groups in total. The number of rotatable bonds is 4. The lowest BCUT2D eigenvalue weighted by molar-refractivity contribution is 0.749. The summed E-state index contributed by atoms with van der Waals surface area (Å²) in [6, 6.07) is 15.3. The van der Waals surface area contributed by atoms with Gasteiger partial charge in [-0.2, -0.15) is 0 Å². The number of imidazole rings is 2. The van der Waals surface area contributed by atoms with Crippen LogP contribution >= 0.6 is 0 Å². The van der Waals surface area contributed by atoms with E-state index in [4.69, 9.17) is 5.73 Å².